The van der Waals surface area contributed by atoms with Crippen molar-refractivity contribution in [2.45, 2.75) is 26.7 Å². The van der Waals surface area contributed by atoms with E-state index < -0.39 is 0 Å². The van der Waals surface area contributed by atoms with Crippen LogP contribution in [0.1, 0.15) is 26.7 Å². The Morgan fingerprint density at radius 1 is 1.15 bits per heavy atom. The molecule has 0 bridgehead atoms. The Bertz CT molecular complexity index is 593. The Hall–Kier alpha value is -2.08. The molecule has 2 N–H and O–H groups in total. The highest BCUT2D eigenvalue weighted by Gasteiger charge is 2.28. The second kappa shape index (κ2) is 9.03. The maximum atomic E-state index is 12.5. The molecule has 1 aromatic carbocycles. The first-order valence-corrected chi connectivity index (χ1v) is 9.30. The minimum absolute atomic E-state index is 0.00840. The van der Waals surface area contributed by atoms with Crippen LogP contribution in [0.25, 0.3) is 0 Å². The number of amides is 3. The zero-order valence-electron chi connectivity index (χ0n) is 16.4. The van der Waals surface area contributed by atoms with E-state index >= 15 is 0 Å². The van der Waals surface area contributed by atoms with Gasteiger partial charge in [-0.25, -0.2) is 4.79 Å². The third kappa shape index (κ3) is 6.33. The zero-order valence-corrected chi connectivity index (χ0v) is 16.4. The van der Waals surface area contributed by atoms with E-state index in [0.29, 0.717) is 32.5 Å². The Morgan fingerprint density at radius 3 is 2.35 bits per heavy atom. The molecular formula is C20H32N4O2. The minimum Gasteiger partial charge on any atom is -0.355 e. The molecule has 0 radical (unpaired) electrons. The lowest BCUT2D eigenvalue weighted by Crippen LogP contribution is -2.46. The van der Waals surface area contributed by atoms with Crippen LogP contribution in [0.3, 0.4) is 0 Å². The molecule has 2 rings (SSSR count). The normalized spacial score (nSPS) is 15.8. The number of para-hydroxylation sites is 1. The number of likely N-dealkylation sites (tertiary alicyclic amines) is 1. The summed E-state index contributed by atoms with van der Waals surface area (Å²) in [5.41, 5.74) is 0.829. The predicted molar refractivity (Wildman–Crippen MR) is 105 cm³/mol. The number of benzene rings is 1. The maximum absolute atomic E-state index is 12.5. The average Bonchev–Trinajstić information content (AvgIpc) is 2.59. The molecule has 0 unspecified atom stereocenters. The van der Waals surface area contributed by atoms with E-state index in [1.807, 2.05) is 44.4 Å². The number of hydrogen-bond acceptors (Lipinski definition) is 3. The molecule has 1 saturated heterocycles. The Balaban J connectivity index is 1.75. The highest BCUT2D eigenvalue weighted by Crippen LogP contribution is 2.20. The minimum atomic E-state index is -0.0952. The van der Waals surface area contributed by atoms with Crippen LogP contribution in [-0.4, -0.2) is 62.0 Å². The molecule has 26 heavy (non-hydrogen) atoms. The van der Waals surface area contributed by atoms with Crippen LogP contribution in [0, 0.1) is 11.3 Å². The van der Waals surface area contributed by atoms with Gasteiger partial charge in [-0.2, -0.15) is 0 Å². The maximum Gasteiger partial charge on any atom is 0.321 e. The monoisotopic (exact) mass is 360 g/mol. The van der Waals surface area contributed by atoms with Crippen molar-refractivity contribution in [3.63, 3.8) is 0 Å². The van der Waals surface area contributed by atoms with Crippen LogP contribution in [0.4, 0.5) is 10.5 Å². The first-order chi connectivity index (χ1) is 12.3. The van der Waals surface area contributed by atoms with Crippen molar-refractivity contribution in [2.24, 2.45) is 11.3 Å². The van der Waals surface area contributed by atoms with Crippen molar-refractivity contribution in [2.75, 3.05) is 45.6 Å². The van der Waals surface area contributed by atoms with Crippen LogP contribution >= 0.6 is 0 Å². The number of anilines is 1. The van der Waals surface area contributed by atoms with Crippen molar-refractivity contribution in [1.29, 1.82) is 0 Å². The van der Waals surface area contributed by atoms with Gasteiger partial charge in [0.05, 0.1) is 0 Å². The van der Waals surface area contributed by atoms with Crippen molar-refractivity contribution >= 4 is 17.6 Å². The molecule has 0 saturated carbocycles. The van der Waals surface area contributed by atoms with Crippen molar-refractivity contribution < 1.29 is 9.59 Å². The van der Waals surface area contributed by atoms with E-state index in [2.05, 4.69) is 29.4 Å². The van der Waals surface area contributed by atoms with Gasteiger partial charge in [0.1, 0.15) is 0 Å². The summed E-state index contributed by atoms with van der Waals surface area (Å²) in [6.07, 6.45) is 1.42. The molecule has 0 aromatic heterocycles. The van der Waals surface area contributed by atoms with Gasteiger partial charge in [-0.3, -0.25) is 4.79 Å². The topological polar surface area (TPSA) is 64.7 Å². The number of nitrogens with one attached hydrogen (secondary N) is 2. The standard InChI is InChI=1S/C20H32N4O2/c1-20(2,15-23(3)4)14-21-18(25)16-10-12-24(13-11-16)19(26)22-17-8-6-5-7-9-17/h5-9,16H,10-15H2,1-4H3,(H,21,25)(H,22,26). The lowest BCUT2D eigenvalue weighted by molar-refractivity contribution is -0.126. The molecule has 144 valence electrons. The van der Waals surface area contributed by atoms with Gasteiger partial charge in [-0.1, -0.05) is 32.0 Å². The number of piperidine rings is 1. The fourth-order valence-corrected chi connectivity index (χ4v) is 3.45. The van der Waals surface area contributed by atoms with Crippen molar-refractivity contribution in [3.8, 4) is 0 Å². The van der Waals surface area contributed by atoms with Crippen molar-refractivity contribution in [3.05, 3.63) is 30.3 Å². The molecule has 3 amide bonds. The zero-order chi connectivity index (χ0) is 19.2. The van der Waals surface area contributed by atoms with Crippen LogP contribution in [0.2, 0.25) is 0 Å². The van der Waals surface area contributed by atoms with Crippen LogP contribution in [0.15, 0.2) is 30.3 Å². The second-order valence-corrected chi connectivity index (χ2v) is 8.18. The molecule has 1 aliphatic heterocycles. The molecule has 1 fully saturated rings. The van der Waals surface area contributed by atoms with Gasteiger partial charge in [-0.05, 0) is 44.5 Å². The predicted octanol–water partition coefficient (Wildman–Crippen LogP) is 2.63. The summed E-state index contributed by atoms with van der Waals surface area (Å²) in [7, 11) is 4.08. The summed E-state index contributed by atoms with van der Waals surface area (Å²) in [6, 6.07) is 9.34. The lowest BCUT2D eigenvalue weighted by Gasteiger charge is -2.33. The van der Waals surface area contributed by atoms with Gasteiger partial charge in [0.2, 0.25) is 5.91 Å². The van der Waals surface area contributed by atoms with E-state index in [0.717, 1.165) is 12.2 Å². The van der Waals surface area contributed by atoms with Gasteiger partial charge < -0.3 is 20.4 Å². The molecule has 0 aliphatic carbocycles. The first-order valence-electron chi connectivity index (χ1n) is 9.30. The molecule has 0 atom stereocenters. The summed E-state index contributed by atoms with van der Waals surface area (Å²) in [4.78, 5) is 28.7. The number of urea groups is 1. The SMILES string of the molecule is CN(C)CC(C)(C)CNC(=O)C1CCN(C(=O)Nc2ccccc2)CC1. The lowest BCUT2D eigenvalue weighted by atomic mass is 9.91. The third-order valence-corrected chi connectivity index (χ3v) is 4.66. The summed E-state index contributed by atoms with van der Waals surface area (Å²) >= 11 is 0. The van der Waals surface area contributed by atoms with E-state index in [1.54, 1.807) is 4.90 Å². The van der Waals surface area contributed by atoms with Gasteiger partial charge in [0.25, 0.3) is 0 Å². The molecule has 0 spiro atoms. The molecule has 6 nitrogen and oxygen atoms in total. The van der Waals surface area contributed by atoms with Gasteiger partial charge in [0, 0.05) is 37.8 Å². The largest absolute Gasteiger partial charge is 0.355 e. The number of carbonyl (C=O) groups is 2. The summed E-state index contributed by atoms with van der Waals surface area (Å²) in [5, 5.41) is 6.00. The van der Waals surface area contributed by atoms with Gasteiger partial charge in [0.15, 0.2) is 0 Å². The van der Waals surface area contributed by atoms with Gasteiger partial charge >= 0.3 is 6.03 Å². The van der Waals surface area contributed by atoms with Crippen LogP contribution in [0.5, 0.6) is 0 Å². The molecular weight excluding hydrogens is 328 g/mol. The number of nitrogens with zero attached hydrogens (tertiary/aromatic N) is 2. The average molecular weight is 361 g/mol. The van der Waals surface area contributed by atoms with E-state index in [-0.39, 0.29) is 23.3 Å². The van der Waals surface area contributed by atoms with E-state index in [1.165, 1.54) is 0 Å². The fourth-order valence-electron chi connectivity index (χ4n) is 3.45. The molecule has 1 aliphatic rings. The summed E-state index contributed by atoms with van der Waals surface area (Å²) in [6.45, 7) is 7.12. The number of rotatable bonds is 6. The third-order valence-electron chi connectivity index (χ3n) is 4.66. The van der Waals surface area contributed by atoms with Crippen LogP contribution < -0.4 is 10.6 Å². The Kier molecular flexibility index (Phi) is 7.03. The van der Waals surface area contributed by atoms with Crippen molar-refractivity contribution in [1.82, 2.24) is 15.1 Å². The van der Waals surface area contributed by atoms with E-state index in [9.17, 15) is 9.59 Å². The molecule has 6 heteroatoms. The smallest absolute Gasteiger partial charge is 0.321 e. The Labute approximate surface area is 156 Å². The number of hydrogen-bond donors (Lipinski definition) is 2. The second-order valence-electron chi connectivity index (χ2n) is 8.18. The van der Waals surface area contributed by atoms with E-state index in [4.69, 9.17) is 0 Å². The quantitative estimate of drug-likeness (QED) is 0.820. The number of carbonyl (C=O) groups excluding carboxylic acids is 2. The summed E-state index contributed by atoms with van der Waals surface area (Å²) in [5.74, 6) is 0.103. The molecule has 1 heterocycles. The Morgan fingerprint density at radius 2 is 1.77 bits per heavy atom. The van der Waals surface area contributed by atoms with Gasteiger partial charge in [-0.15, -0.1) is 0 Å². The first kappa shape index (κ1) is 20.2. The highest BCUT2D eigenvalue weighted by atomic mass is 16.2. The van der Waals surface area contributed by atoms with Crippen LogP contribution in [-0.2, 0) is 4.79 Å². The molecule has 1 aromatic rings. The highest BCUT2D eigenvalue weighted by molar-refractivity contribution is 5.89. The fraction of sp³-hybridized carbons (Fsp3) is 0.600. The summed E-state index contributed by atoms with van der Waals surface area (Å²) < 4.78 is 0.